The lowest BCUT2D eigenvalue weighted by atomic mass is 10.1. The lowest BCUT2D eigenvalue weighted by Gasteiger charge is -2.01. The quantitative estimate of drug-likeness (QED) is 0.890. The molecule has 0 bridgehead atoms. The Morgan fingerprint density at radius 1 is 1.35 bits per heavy atom. The Labute approximate surface area is 106 Å². The van der Waals surface area contributed by atoms with Crippen LogP contribution in [0.1, 0.15) is 25.3 Å². The molecular weight excluding hydrogens is 232 g/mol. The van der Waals surface area contributed by atoms with Gasteiger partial charge in [-0.3, -0.25) is 4.79 Å². The standard InChI is InChI=1S/C13H16N2OS/c1-2-3-4-10-5-7-11(8-6-10)14-13-15-12(16)9-17-13/h5-8H,2-4,9H2,1H3,(H,14,15,16). The summed E-state index contributed by atoms with van der Waals surface area (Å²) in [5.74, 6) is 0.515. The van der Waals surface area contributed by atoms with Gasteiger partial charge in [0.25, 0.3) is 0 Å². The molecule has 1 aliphatic rings. The third-order valence-electron chi connectivity index (χ3n) is 2.57. The van der Waals surface area contributed by atoms with Crippen molar-refractivity contribution < 1.29 is 4.79 Å². The van der Waals surface area contributed by atoms with Crippen molar-refractivity contribution in [1.82, 2.24) is 5.32 Å². The first-order valence-corrected chi connectivity index (χ1v) is 6.87. The number of aliphatic imine (C=N–C) groups is 1. The summed E-state index contributed by atoms with van der Waals surface area (Å²) in [6, 6.07) is 8.22. The zero-order valence-electron chi connectivity index (χ0n) is 9.90. The third-order valence-corrected chi connectivity index (χ3v) is 3.45. The predicted octanol–water partition coefficient (Wildman–Crippen LogP) is 2.88. The molecule has 0 radical (unpaired) electrons. The Kier molecular flexibility index (Phi) is 4.20. The first-order chi connectivity index (χ1) is 8.28. The molecular formula is C13H16N2OS. The first-order valence-electron chi connectivity index (χ1n) is 5.88. The number of carbonyl (C=O) groups is 1. The number of hydrogen-bond acceptors (Lipinski definition) is 3. The minimum absolute atomic E-state index is 0.0355. The van der Waals surface area contributed by atoms with Crippen LogP contribution in [0, 0.1) is 0 Å². The molecule has 90 valence electrons. The fraction of sp³-hybridized carbons (Fsp3) is 0.385. The van der Waals surface area contributed by atoms with Crippen LogP contribution in [0.4, 0.5) is 5.69 Å². The van der Waals surface area contributed by atoms with E-state index in [2.05, 4.69) is 29.4 Å². The van der Waals surface area contributed by atoms with Crippen LogP contribution in [0.15, 0.2) is 29.3 Å². The molecule has 1 aromatic rings. The van der Waals surface area contributed by atoms with Crippen LogP contribution in [-0.4, -0.2) is 16.8 Å². The van der Waals surface area contributed by atoms with Gasteiger partial charge in [0, 0.05) is 0 Å². The molecule has 0 atom stereocenters. The van der Waals surface area contributed by atoms with Crippen molar-refractivity contribution >= 4 is 28.5 Å². The molecule has 1 fully saturated rings. The number of rotatable bonds is 4. The van der Waals surface area contributed by atoms with Gasteiger partial charge in [0.1, 0.15) is 0 Å². The summed E-state index contributed by atoms with van der Waals surface area (Å²) in [4.78, 5) is 15.4. The number of nitrogens with one attached hydrogen (secondary N) is 1. The summed E-state index contributed by atoms with van der Waals surface area (Å²) in [6.45, 7) is 2.19. The lowest BCUT2D eigenvalue weighted by molar-refractivity contribution is -0.116. The second-order valence-corrected chi connectivity index (χ2v) is 4.99. The van der Waals surface area contributed by atoms with E-state index in [0.717, 1.165) is 12.1 Å². The molecule has 0 aliphatic carbocycles. The molecule has 4 heteroatoms. The van der Waals surface area contributed by atoms with Crippen molar-refractivity contribution in [3.8, 4) is 0 Å². The van der Waals surface area contributed by atoms with E-state index in [9.17, 15) is 4.79 Å². The molecule has 1 amide bonds. The summed E-state index contributed by atoms with van der Waals surface area (Å²) in [6.07, 6.45) is 3.56. The molecule has 17 heavy (non-hydrogen) atoms. The van der Waals surface area contributed by atoms with E-state index in [1.54, 1.807) is 0 Å². The molecule has 1 heterocycles. The number of aryl methyl sites for hydroxylation is 1. The monoisotopic (exact) mass is 248 g/mol. The summed E-state index contributed by atoms with van der Waals surface area (Å²) in [5.41, 5.74) is 2.24. The van der Waals surface area contributed by atoms with Crippen molar-refractivity contribution in [1.29, 1.82) is 0 Å². The van der Waals surface area contributed by atoms with Crippen LogP contribution in [0.3, 0.4) is 0 Å². The highest BCUT2D eigenvalue weighted by Gasteiger charge is 2.15. The van der Waals surface area contributed by atoms with Gasteiger partial charge in [0.05, 0.1) is 11.4 Å². The molecule has 1 saturated heterocycles. The molecule has 1 aliphatic heterocycles. The summed E-state index contributed by atoms with van der Waals surface area (Å²) in [7, 11) is 0. The van der Waals surface area contributed by atoms with E-state index in [0.29, 0.717) is 10.9 Å². The van der Waals surface area contributed by atoms with Crippen molar-refractivity contribution in [3.63, 3.8) is 0 Å². The zero-order valence-corrected chi connectivity index (χ0v) is 10.7. The second kappa shape index (κ2) is 5.87. The van der Waals surface area contributed by atoms with E-state index >= 15 is 0 Å². The fourth-order valence-corrected chi connectivity index (χ4v) is 2.32. The molecule has 0 aromatic heterocycles. The molecule has 1 aromatic carbocycles. The van der Waals surface area contributed by atoms with E-state index < -0.39 is 0 Å². The summed E-state index contributed by atoms with van der Waals surface area (Å²) in [5, 5.41) is 3.43. The largest absolute Gasteiger partial charge is 0.304 e. The first kappa shape index (κ1) is 12.2. The van der Waals surface area contributed by atoms with E-state index in [-0.39, 0.29) is 5.91 Å². The highest BCUT2D eigenvalue weighted by molar-refractivity contribution is 8.15. The third kappa shape index (κ3) is 3.60. The van der Waals surface area contributed by atoms with Gasteiger partial charge in [-0.05, 0) is 30.5 Å². The van der Waals surface area contributed by atoms with Gasteiger partial charge in [-0.25, -0.2) is 4.99 Å². The molecule has 3 nitrogen and oxygen atoms in total. The SMILES string of the molecule is CCCCc1ccc(N=C2NC(=O)CS2)cc1. The van der Waals surface area contributed by atoms with Crippen molar-refractivity contribution in [3.05, 3.63) is 29.8 Å². The number of thioether (sulfide) groups is 1. The smallest absolute Gasteiger partial charge is 0.236 e. The van der Waals surface area contributed by atoms with Crippen LogP contribution in [0.25, 0.3) is 0 Å². The highest BCUT2D eigenvalue weighted by Crippen LogP contribution is 2.18. The number of hydrogen-bond donors (Lipinski definition) is 1. The average molecular weight is 248 g/mol. The van der Waals surface area contributed by atoms with Gasteiger partial charge in [0.15, 0.2) is 5.17 Å². The Morgan fingerprint density at radius 2 is 2.12 bits per heavy atom. The number of unbranched alkanes of at least 4 members (excludes halogenated alkanes) is 1. The van der Waals surface area contributed by atoms with Gasteiger partial charge in [0.2, 0.25) is 5.91 Å². The van der Waals surface area contributed by atoms with Crippen molar-refractivity contribution in [2.24, 2.45) is 4.99 Å². The maximum Gasteiger partial charge on any atom is 0.236 e. The maximum absolute atomic E-state index is 11.0. The van der Waals surface area contributed by atoms with Crippen LogP contribution < -0.4 is 5.32 Å². The lowest BCUT2D eigenvalue weighted by Crippen LogP contribution is -2.19. The summed E-state index contributed by atoms with van der Waals surface area (Å²) < 4.78 is 0. The molecule has 0 unspecified atom stereocenters. The van der Waals surface area contributed by atoms with Gasteiger partial charge >= 0.3 is 0 Å². The van der Waals surface area contributed by atoms with E-state index in [4.69, 9.17) is 0 Å². The Morgan fingerprint density at radius 3 is 2.71 bits per heavy atom. The zero-order chi connectivity index (χ0) is 12.1. The van der Waals surface area contributed by atoms with Gasteiger partial charge < -0.3 is 5.32 Å². The van der Waals surface area contributed by atoms with Crippen LogP contribution in [0.5, 0.6) is 0 Å². The van der Waals surface area contributed by atoms with Crippen LogP contribution in [0.2, 0.25) is 0 Å². The topological polar surface area (TPSA) is 41.5 Å². The molecule has 0 spiro atoms. The molecule has 2 rings (SSSR count). The molecule has 1 N–H and O–H groups in total. The number of carbonyl (C=O) groups excluding carboxylic acids is 1. The second-order valence-electron chi connectivity index (χ2n) is 4.02. The average Bonchev–Trinajstić information content (AvgIpc) is 2.74. The highest BCUT2D eigenvalue weighted by atomic mass is 32.2. The number of benzene rings is 1. The molecule has 0 saturated carbocycles. The van der Waals surface area contributed by atoms with Crippen molar-refractivity contribution in [2.75, 3.05) is 5.75 Å². The van der Waals surface area contributed by atoms with Crippen LogP contribution >= 0.6 is 11.8 Å². The Balaban J connectivity index is 2.00. The number of amidine groups is 1. The number of nitrogens with zero attached hydrogens (tertiary/aromatic N) is 1. The Hall–Kier alpha value is -1.29. The van der Waals surface area contributed by atoms with E-state index in [1.165, 1.54) is 30.2 Å². The normalized spacial score (nSPS) is 17.5. The number of amides is 1. The predicted molar refractivity (Wildman–Crippen MR) is 72.7 cm³/mol. The summed E-state index contributed by atoms with van der Waals surface area (Å²) >= 11 is 1.45. The van der Waals surface area contributed by atoms with Gasteiger partial charge in [-0.15, -0.1) is 0 Å². The van der Waals surface area contributed by atoms with Crippen LogP contribution in [-0.2, 0) is 11.2 Å². The minimum Gasteiger partial charge on any atom is -0.304 e. The van der Waals surface area contributed by atoms with E-state index in [1.807, 2.05) is 12.1 Å². The van der Waals surface area contributed by atoms with Crippen molar-refractivity contribution in [2.45, 2.75) is 26.2 Å². The van der Waals surface area contributed by atoms with Gasteiger partial charge in [-0.1, -0.05) is 37.2 Å². The van der Waals surface area contributed by atoms with Gasteiger partial charge in [-0.2, -0.15) is 0 Å². The maximum atomic E-state index is 11.0. The fourth-order valence-electron chi connectivity index (χ4n) is 1.62. The Bertz CT molecular complexity index is 426. The minimum atomic E-state index is 0.0355.